The lowest BCUT2D eigenvalue weighted by Gasteiger charge is -2.16. The van der Waals surface area contributed by atoms with Crippen LogP contribution in [-0.2, 0) is 6.42 Å². The minimum Gasteiger partial charge on any atom is -0.370 e. The first-order valence-corrected chi connectivity index (χ1v) is 6.18. The van der Waals surface area contributed by atoms with Gasteiger partial charge in [-0.25, -0.2) is 4.98 Å². The summed E-state index contributed by atoms with van der Waals surface area (Å²) in [4.78, 5) is 19.4. The second-order valence-corrected chi connectivity index (χ2v) is 4.64. The normalized spacial score (nSPS) is 13.8. The maximum absolute atomic E-state index is 12.0. The molecule has 0 spiro atoms. The number of nitrogens with one attached hydrogen (secondary N) is 2. The monoisotopic (exact) mass is 241 g/mol. The van der Waals surface area contributed by atoms with E-state index in [1.54, 1.807) is 0 Å². The molecule has 0 unspecified atom stereocenters. The Hall–Kier alpha value is -2.10. The minimum atomic E-state index is -0.0252. The Morgan fingerprint density at radius 2 is 2.00 bits per heavy atom. The van der Waals surface area contributed by atoms with E-state index < -0.39 is 0 Å². The number of fused-ring (bicyclic) bond motifs is 1. The van der Waals surface area contributed by atoms with E-state index in [1.165, 1.54) is 5.56 Å². The van der Waals surface area contributed by atoms with E-state index >= 15 is 0 Å². The highest BCUT2D eigenvalue weighted by Crippen LogP contribution is 2.20. The van der Waals surface area contributed by atoms with Crippen molar-refractivity contribution in [2.24, 2.45) is 0 Å². The molecule has 0 radical (unpaired) electrons. The van der Waals surface area contributed by atoms with E-state index in [0.29, 0.717) is 5.82 Å². The lowest BCUT2D eigenvalue weighted by molar-refractivity contribution is 0.800. The van der Waals surface area contributed by atoms with Crippen molar-refractivity contribution < 1.29 is 0 Å². The van der Waals surface area contributed by atoms with Crippen LogP contribution in [0.15, 0.2) is 29.1 Å². The van der Waals surface area contributed by atoms with Gasteiger partial charge in [-0.05, 0) is 19.8 Å². The standard InChI is InChI=1S/C14H15N3O/c1-9-4-6-10(7-5-9)12-16-13-11(14(18)17-12)3-2-8-15-13/h4-7H,2-3,8H2,1H3,(H2,15,16,17,18). The van der Waals surface area contributed by atoms with Crippen molar-refractivity contribution in [2.75, 3.05) is 11.9 Å². The fourth-order valence-corrected chi connectivity index (χ4v) is 2.20. The molecule has 4 heteroatoms. The molecule has 0 bridgehead atoms. The number of nitrogens with zero attached hydrogens (tertiary/aromatic N) is 1. The van der Waals surface area contributed by atoms with Crippen molar-refractivity contribution in [2.45, 2.75) is 19.8 Å². The maximum atomic E-state index is 12.0. The smallest absolute Gasteiger partial charge is 0.256 e. The summed E-state index contributed by atoms with van der Waals surface area (Å²) < 4.78 is 0. The highest BCUT2D eigenvalue weighted by atomic mass is 16.1. The Kier molecular flexibility index (Phi) is 2.63. The van der Waals surface area contributed by atoms with Crippen LogP contribution in [0.1, 0.15) is 17.5 Å². The van der Waals surface area contributed by atoms with Crippen molar-refractivity contribution in [3.8, 4) is 11.4 Å². The molecule has 18 heavy (non-hydrogen) atoms. The van der Waals surface area contributed by atoms with Gasteiger partial charge in [0.15, 0.2) is 0 Å². The van der Waals surface area contributed by atoms with Gasteiger partial charge in [-0.1, -0.05) is 29.8 Å². The van der Waals surface area contributed by atoms with E-state index in [2.05, 4.69) is 15.3 Å². The summed E-state index contributed by atoms with van der Waals surface area (Å²) in [6.07, 6.45) is 1.79. The van der Waals surface area contributed by atoms with Crippen LogP contribution in [0.5, 0.6) is 0 Å². The number of aryl methyl sites for hydroxylation is 1. The van der Waals surface area contributed by atoms with Gasteiger partial charge >= 0.3 is 0 Å². The van der Waals surface area contributed by atoms with E-state index in [9.17, 15) is 4.79 Å². The molecule has 1 aliphatic heterocycles. The first kappa shape index (κ1) is 11.0. The number of H-pyrrole nitrogens is 1. The zero-order valence-corrected chi connectivity index (χ0v) is 10.3. The van der Waals surface area contributed by atoms with Crippen molar-refractivity contribution in [3.63, 3.8) is 0 Å². The predicted octanol–water partition coefficient (Wildman–Crippen LogP) is 2.10. The maximum Gasteiger partial charge on any atom is 0.256 e. The average Bonchev–Trinajstić information content (AvgIpc) is 2.39. The highest BCUT2D eigenvalue weighted by Gasteiger charge is 2.15. The highest BCUT2D eigenvalue weighted by molar-refractivity contribution is 5.59. The Labute approximate surface area is 105 Å². The Bertz CT molecular complexity index is 628. The molecule has 4 nitrogen and oxygen atoms in total. The van der Waals surface area contributed by atoms with Crippen LogP contribution >= 0.6 is 0 Å². The van der Waals surface area contributed by atoms with Crippen LogP contribution in [0.2, 0.25) is 0 Å². The number of hydrogen-bond acceptors (Lipinski definition) is 3. The molecule has 0 saturated carbocycles. The van der Waals surface area contributed by atoms with Crippen molar-refractivity contribution >= 4 is 5.82 Å². The van der Waals surface area contributed by atoms with E-state index in [-0.39, 0.29) is 5.56 Å². The number of aromatic amines is 1. The lowest BCUT2D eigenvalue weighted by Crippen LogP contribution is -2.24. The zero-order chi connectivity index (χ0) is 12.5. The molecule has 2 N–H and O–H groups in total. The molecule has 1 aliphatic rings. The van der Waals surface area contributed by atoms with Crippen LogP contribution in [0.25, 0.3) is 11.4 Å². The molecule has 0 atom stereocenters. The van der Waals surface area contributed by atoms with Crippen LogP contribution in [0.4, 0.5) is 5.82 Å². The quantitative estimate of drug-likeness (QED) is 0.804. The number of anilines is 1. The van der Waals surface area contributed by atoms with Gasteiger partial charge in [0.05, 0.1) is 5.56 Å². The summed E-state index contributed by atoms with van der Waals surface area (Å²) in [7, 11) is 0. The van der Waals surface area contributed by atoms with Crippen LogP contribution in [0.3, 0.4) is 0 Å². The Morgan fingerprint density at radius 3 is 2.78 bits per heavy atom. The Balaban J connectivity index is 2.11. The summed E-state index contributed by atoms with van der Waals surface area (Å²) in [5, 5.41) is 3.19. The predicted molar refractivity (Wildman–Crippen MR) is 71.8 cm³/mol. The molecule has 0 aliphatic carbocycles. The van der Waals surface area contributed by atoms with Gasteiger partial charge < -0.3 is 10.3 Å². The summed E-state index contributed by atoms with van der Waals surface area (Å²) in [6, 6.07) is 7.98. The summed E-state index contributed by atoms with van der Waals surface area (Å²) in [6.45, 7) is 2.92. The van der Waals surface area contributed by atoms with E-state index in [4.69, 9.17) is 0 Å². The molecular weight excluding hydrogens is 226 g/mol. The topological polar surface area (TPSA) is 57.8 Å². The molecule has 2 heterocycles. The molecule has 0 fully saturated rings. The van der Waals surface area contributed by atoms with E-state index in [1.807, 2.05) is 31.2 Å². The molecule has 2 aromatic rings. The molecule has 0 saturated heterocycles. The Morgan fingerprint density at radius 1 is 1.22 bits per heavy atom. The van der Waals surface area contributed by atoms with Crippen LogP contribution in [-0.4, -0.2) is 16.5 Å². The third-order valence-electron chi connectivity index (χ3n) is 3.24. The fraction of sp³-hybridized carbons (Fsp3) is 0.286. The van der Waals surface area contributed by atoms with Crippen LogP contribution < -0.4 is 10.9 Å². The number of benzene rings is 1. The molecule has 0 amide bonds. The second kappa shape index (κ2) is 4.29. The van der Waals surface area contributed by atoms with E-state index in [0.717, 1.165) is 36.3 Å². The molecular formula is C14H15N3O. The molecule has 1 aromatic heterocycles. The minimum absolute atomic E-state index is 0.0252. The van der Waals surface area contributed by atoms with Gasteiger partial charge in [-0.2, -0.15) is 0 Å². The SMILES string of the molecule is Cc1ccc(-c2nc3c(c(=O)[nH]2)CCCN3)cc1. The lowest BCUT2D eigenvalue weighted by atomic mass is 10.1. The largest absolute Gasteiger partial charge is 0.370 e. The van der Waals surface area contributed by atoms with Gasteiger partial charge in [0.2, 0.25) is 0 Å². The van der Waals surface area contributed by atoms with Crippen molar-refractivity contribution in [1.82, 2.24) is 9.97 Å². The first-order valence-electron chi connectivity index (χ1n) is 6.18. The van der Waals surface area contributed by atoms with Crippen molar-refractivity contribution in [3.05, 3.63) is 45.7 Å². The summed E-state index contributed by atoms with van der Waals surface area (Å²) >= 11 is 0. The van der Waals surface area contributed by atoms with Gasteiger partial charge in [0, 0.05) is 12.1 Å². The second-order valence-electron chi connectivity index (χ2n) is 4.64. The van der Waals surface area contributed by atoms with Gasteiger partial charge in [-0.3, -0.25) is 4.79 Å². The molecule has 92 valence electrons. The van der Waals surface area contributed by atoms with Crippen molar-refractivity contribution in [1.29, 1.82) is 0 Å². The van der Waals surface area contributed by atoms with Gasteiger partial charge in [0.25, 0.3) is 5.56 Å². The van der Waals surface area contributed by atoms with Gasteiger partial charge in [0.1, 0.15) is 11.6 Å². The molecule has 3 rings (SSSR count). The van der Waals surface area contributed by atoms with Gasteiger partial charge in [-0.15, -0.1) is 0 Å². The third-order valence-corrected chi connectivity index (χ3v) is 3.24. The molecule has 1 aromatic carbocycles. The zero-order valence-electron chi connectivity index (χ0n) is 10.3. The third kappa shape index (κ3) is 1.90. The number of aromatic nitrogens is 2. The first-order chi connectivity index (χ1) is 8.74. The number of rotatable bonds is 1. The summed E-state index contributed by atoms with van der Waals surface area (Å²) in [5.74, 6) is 1.37. The fourth-order valence-electron chi connectivity index (χ4n) is 2.20. The van der Waals surface area contributed by atoms with Crippen LogP contribution in [0, 0.1) is 6.92 Å². The average molecular weight is 241 g/mol. The number of hydrogen-bond donors (Lipinski definition) is 2. The summed E-state index contributed by atoms with van der Waals surface area (Å²) in [5.41, 5.74) is 2.88.